The minimum atomic E-state index is -0.535. The Kier molecular flexibility index (Phi) is 6.81. The zero-order valence-corrected chi connectivity index (χ0v) is 16.4. The number of hydrogen-bond donors (Lipinski definition) is 0. The number of hydrogen-bond acceptors (Lipinski definition) is 5. The second-order valence-electron chi connectivity index (χ2n) is 6.26. The number of esters is 1. The summed E-state index contributed by atoms with van der Waals surface area (Å²) in [6.07, 6.45) is 0. The van der Waals surface area contributed by atoms with E-state index in [2.05, 4.69) is 0 Å². The van der Waals surface area contributed by atoms with E-state index in [1.165, 1.54) is 4.90 Å². The van der Waals surface area contributed by atoms with E-state index in [1.807, 2.05) is 47.2 Å². The van der Waals surface area contributed by atoms with Gasteiger partial charge in [0, 0.05) is 13.6 Å². The van der Waals surface area contributed by atoms with Crippen molar-refractivity contribution in [2.24, 2.45) is 0 Å². The van der Waals surface area contributed by atoms with Gasteiger partial charge < -0.3 is 14.4 Å². The Morgan fingerprint density at radius 2 is 1.71 bits per heavy atom. The lowest BCUT2D eigenvalue weighted by Crippen LogP contribution is -2.30. The monoisotopic (exact) mass is 395 g/mol. The molecule has 0 spiro atoms. The zero-order chi connectivity index (χ0) is 19.8. The third-order valence-corrected chi connectivity index (χ3v) is 4.82. The van der Waals surface area contributed by atoms with Crippen molar-refractivity contribution in [1.82, 2.24) is 4.90 Å². The van der Waals surface area contributed by atoms with Crippen molar-refractivity contribution in [3.8, 4) is 5.75 Å². The molecule has 0 bridgehead atoms. The van der Waals surface area contributed by atoms with Gasteiger partial charge >= 0.3 is 5.97 Å². The normalized spacial score (nSPS) is 10.3. The Labute approximate surface area is 168 Å². The van der Waals surface area contributed by atoms with Crippen LogP contribution in [0, 0.1) is 0 Å². The molecule has 1 heterocycles. The number of thiophene rings is 1. The Hall–Kier alpha value is -3.12. The highest BCUT2D eigenvalue weighted by atomic mass is 32.1. The first-order valence-corrected chi connectivity index (χ1v) is 9.75. The van der Waals surface area contributed by atoms with Crippen molar-refractivity contribution in [2.45, 2.75) is 13.2 Å². The number of ether oxygens (including phenoxy) is 2. The maximum Gasteiger partial charge on any atom is 0.338 e. The predicted molar refractivity (Wildman–Crippen MR) is 108 cm³/mol. The summed E-state index contributed by atoms with van der Waals surface area (Å²) in [7, 11) is 1.69. The highest BCUT2D eigenvalue weighted by molar-refractivity contribution is 7.07. The van der Waals surface area contributed by atoms with Gasteiger partial charge in [-0.15, -0.1) is 0 Å². The van der Waals surface area contributed by atoms with Gasteiger partial charge in [-0.05, 0) is 52.2 Å². The van der Waals surface area contributed by atoms with Crippen molar-refractivity contribution in [3.05, 3.63) is 88.1 Å². The van der Waals surface area contributed by atoms with Gasteiger partial charge in [-0.2, -0.15) is 11.3 Å². The number of amides is 1. The third kappa shape index (κ3) is 5.69. The minimum Gasteiger partial charge on any atom is -0.489 e. The summed E-state index contributed by atoms with van der Waals surface area (Å²) >= 11 is 1.58. The Balaban J connectivity index is 1.45. The molecule has 0 saturated heterocycles. The molecule has 0 saturated carbocycles. The minimum absolute atomic E-state index is 0.248. The van der Waals surface area contributed by atoms with Gasteiger partial charge in [0.15, 0.2) is 6.61 Å². The molecule has 0 atom stereocenters. The van der Waals surface area contributed by atoms with Crippen LogP contribution < -0.4 is 4.74 Å². The standard InChI is InChI=1S/C22H21NO4S/c1-23(13-18-11-12-28-16-18)21(24)15-27-22(25)19-7-9-20(10-8-19)26-14-17-5-3-2-4-6-17/h2-12,16H,13-15H2,1H3. The first-order chi connectivity index (χ1) is 13.6. The molecule has 0 aliphatic carbocycles. The van der Waals surface area contributed by atoms with E-state index in [0.717, 1.165) is 11.1 Å². The molecule has 0 aliphatic rings. The smallest absolute Gasteiger partial charge is 0.338 e. The maximum absolute atomic E-state index is 12.1. The summed E-state index contributed by atoms with van der Waals surface area (Å²) in [5.41, 5.74) is 2.50. The molecule has 28 heavy (non-hydrogen) atoms. The van der Waals surface area contributed by atoms with E-state index in [1.54, 1.807) is 42.6 Å². The maximum atomic E-state index is 12.1. The molecule has 3 rings (SSSR count). The van der Waals surface area contributed by atoms with Crippen molar-refractivity contribution in [1.29, 1.82) is 0 Å². The molecule has 144 valence electrons. The lowest BCUT2D eigenvalue weighted by molar-refractivity contribution is -0.133. The van der Waals surface area contributed by atoms with E-state index < -0.39 is 5.97 Å². The Morgan fingerprint density at radius 1 is 0.964 bits per heavy atom. The fourth-order valence-corrected chi connectivity index (χ4v) is 3.15. The molecule has 6 heteroatoms. The lowest BCUT2D eigenvalue weighted by atomic mass is 10.2. The molecule has 1 amide bonds. The van der Waals surface area contributed by atoms with Crippen LogP contribution >= 0.6 is 11.3 Å². The topological polar surface area (TPSA) is 55.8 Å². The fourth-order valence-electron chi connectivity index (χ4n) is 2.49. The average Bonchev–Trinajstić information content (AvgIpc) is 3.24. The molecule has 0 aliphatic heterocycles. The summed E-state index contributed by atoms with van der Waals surface area (Å²) in [6.45, 7) is 0.661. The van der Waals surface area contributed by atoms with E-state index in [0.29, 0.717) is 24.5 Å². The molecule has 0 radical (unpaired) electrons. The van der Waals surface area contributed by atoms with Gasteiger partial charge in [0.05, 0.1) is 5.56 Å². The molecular weight excluding hydrogens is 374 g/mol. The van der Waals surface area contributed by atoms with E-state index in [-0.39, 0.29) is 12.5 Å². The number of carbonyl (C=O) groups excluding carboxylic acids is 2. The number of nitrogens with zero attached hydrogens (tertiary/aromatic N) is 1. The van der Waals surface area contributed by atoms with E-state index in [9.17, 15) is 9.59 Å². The predicted octanol–water partition coefficient (Wildman–Crippen LogP) is 4.14. The van der Waals surface area contributed by atoms with Crippen LogP contribution in [0.3, 0.4) is 0 Å². The SMILES string of the molecule is CN(Cc1ccsc1)C(=O)COC(=O)c1ccc(OCc2ccccc2)cc1. The van der Waals surface area contributed by atoms with Gasteiger partial charge in [-0.3, -0.25) is 4.79 Å². The van der Waals surface area contributed by atoms with E-state index in [4.69, 9.17) is 9.47 Å². The van der Waals surface area contributed by atoms with Crippen molar-refractivity contribution in [2.75, 3.05) is 13.7 Å². The molecule has 0 fully saturated rings. The second-order valence-corrected chi connectivity index (χ2v) is 7.04. The molecule has 0 N–H and O–H groups in total. The van der Waals surface area contributed by atoms with Crippen LogP contribution in [0.2, 0.25) is 0 Å². The van der Waals surface area contributed by atoms with Crippen LogP contribution in [0.5, 0.6) is 5.75 Å². The average molecular weight is 395 g/mol. The van der Waals surface area contributed by atoms with Crippen LogP contribution in [0.25, 0.3) is 0 Å². The first kappa shape index (κ1) is 19.6. The van der Waals surface area contributed by atoms with Gasteiger partial charge in [-0.1, -0.05) is 30.3 Å². The van der Waals surface area contributed by atoms with Crippen molar-refractivity contribution in [3.63, 3.8) is 0 Å². The Morgan fingerprint density at radius 3 is 2.39 bits per heavy atom. The number of rotatable bonds is 8. The summed E-state index contributed by atoms with van der Waals surface area (Å²) in [6, 6.07) is 18.5. The molecule has 2 aromatic carbocycles. The van der Waals surface area contributed by atoms with Gasteiger partial charge in [-0.25, -0.2) is 4.79 Å². The molecule has 1 aromatic heterocycles. The highest BCUT2D eigenvalue weighted by Crippen LogP contribution is 2.15. The van der Waals surface area contributed by atoms with Gasteiger partial charge in [0.1, 0.15) is 12.4 Å². The summed E-state index contributed by atoms with van der Waals surface area (Å²) in [5, 5.41) is 3.94. The molecule has 3 aromatic rings. The molecular formula is C22H21NO4S. The van der Waals surface area contributed by atoms with Crippen LogP contribution in [0.1, 0.15) is 21.5 Å². The summed E-state index contributed by atoms with van der Waals surface area (Å²) in [5.74, 6) is -0.124. The van der Waals surface area contributed by atoms with Gasteiger partial charge in [0.25, 0.3) is 5.91 Å². The van der Waals surface area contributed by atoms with Crippen molar-refractivity contribution < 1.29 is 19.1 Å². The van der Waals surface area contributed by atoms with Crippen molar-refractivity contribution >= 4 is 23.2 Å². The zero-order valence-electron chi connectivity index (χ0n) is 15.5. The fraction of sp³-hybridized carbons (Fsp3) is 0.182. The van der Waals surface area contributed by atoms with E-state index >= 15 is 0 Å². The largest absolute Gasteiger partial charge is 0.489 e. The lowest BCUT2D eigenvalue weighted by Gasteiger charge is -2.16. The number of carbonyl (C=O) groups is 2. The van der Waals surface area contributed by atoms with Crippen LogP contribution in [-0.4, -0.2) is 30.4 Å². The third-order valence-electron chi connectivity index (χ3n) is 4.09. The quantitative estimate of drug-likeness (QED) is 0.538. The van der Waals surface area contributed by atoms with Crippen LogP contribution in [0.15, 0.2) is 71.4 Å². The van der Waals surface area contributed by atoms with Gasteiger partial charge in [0.2, 0.25) is 0 Å². The second kappa shape index (κ2) is 9.71. The van der Waals surface area contributed by atoms with Crippen LogP contribution in [0.4, 0.5) is 0 Å². The van der Waals surface area contributed by atoms with Crippen LogP contribution in [-0.2, 0) is 22.7 Å². The molecule has 0 unspecified atom stereocenters. The Bertz CT molecular complexity index is 892. The highest BCUT2D eigenvalue weighted by Gasteiger charge is 2.14. The number of benzene rings is 2. The summed E-state index contributed by atoms with van der Waals surface area (Å²) in [4.78, 5) is 25.8. The number of likely N-dealkylation sites (N-methyl/N-ethyl adjacent to an activating group) is 1. The first-order valence-electron chi connectivity index (χ1n) is 8.81. The molecule has 5 nitrogen and oxygen atoms in total. The summed E-state index contributed by atoms with van der Waals surface area (Å²) < 4.78 is 10.8.